The minimum absolute atomic E-state index is 0.196. The van der Waals surface area contributed by atoms with Gasteiger partial charge < -0.3 is 10.1 Å². The normalized spacial score (nSPS) is 14.6. The number of hydrogen-bond donors (Lipinski definition) is 1. The lowest BCUT2D eigenvalue weighted by atomic mass is 10.0. The molecule has 0 aliphatic carbocycles. The van der Waals surface area contributed by atoms with Crippen molar-refractivity contribution in [2.75, 3.05) is 13.2 Å². The Hall–Kier alpha value is -0.860. The molecule has 1 N–H and O–H groups in total. The third-order valence-electron chi connectivity index (χ3n) is 3.41. The standard InChI is InChI=1S/C17H29NO/c1-6-18-17(15(5)19-12-11-13(2)3)16-9-7-14(4)8-10-16/h7-10,13,15,17-18H,6,11-12H2,1-5H3. The molecule has 0 aromatic heterocycles. The Balaban J connectivity index is 2.62. The molecule has 0 spiro atoms. The first-order valence-electron chi connectivity index (χ1n) is 7.46. The van der Waals surface area contributed by atoms with Crippen LogP contribution in [0.4, 0.5) is 0 Å². The second-order valence-corrected chi connectivity index (χ2v) is 5.70. The van der Waals surface area contributed by atoms with Gasteiger partial charge in [-0.3, -0.25) is 0 Å². The zero-order chi connectivity index (χ0) is 14.3. The minimum Gasteiger partial charge on any atom is -0.377 e. The molecule has 1 aromatic carbocycles. The quantitative estimate of drug-likeness (QED) is 0.762. The van der Waals surface area contributed by atoms with Crippen LogP contribution in [0.15, 0.2) is 24.3 Å². The van der Waals surface area contributed by atoms with E-state index in [-0.39, 0.29) is 12.1 Å². The van der Waals surface area contributed by atoms with Gasteiger partial charge in [0.1, 0.15) is 0 Å². The Bertz CT molecular complexity index is 345. The van der Waals surface area contributed by atoms with Crippen molar-refractivity contribution < 1.29 is 4.74 Å². The number of aryl methyl sites for hydroxylation is 1. The van der Waals surface area contributed by atoms with E-state index in [1.165, 1.54) is 11.1 Å². The number of likely N-dealkylation sites (N-methyl/N-ethyl adjacent to an activating group) is 1. The SMILES string of the molecule is CCNC(c1ccc(C)cc1)C(C)OCCC(C)C. The molecule has 0 aliphatic heterocycles. The topological polar surface area (TPSA) is 21.3 Å². The molecule has 2 nitrogen and oxygen atoms in total. The van der Waals surface area contributed by atoms with Gasteiger partial charge in [0.25, 0.3) is 0 Å². The van der Waals surface area contributed by atoms with E-state index in [4.69, 9.17) is 4.74 Å². The van der Waals surface area contributed by atoms with Crippen LogP contribution in [0.5, 0.6) is 0 Å². The molecule has 0 bridgehead atoms. The Kier molecular flexibility index (Phi) is 7.11. The van der Waals surface area contributed by atoms with E-state index in [0.29, 0.717) is 5.92 Å². The molecule has 0 aliphatic rings. The predicted octanol–water partition coefficient (Wildman–Crippen LogP) is 4.10. The lowest BCUT2D eigenvalue weighted by Gasteiger charge is -2.26. The first-order chi connectivity index (χ1) is 9.04. The highest BCUT2D eigenvalue weighted by atomic mass is 16.5. The van der Waals surface area contributed by atoms with Crippen LogP contribution in [0.1, 0.15) is 51.3 Å². The summed E-state index contributed by atoms with van der Waals surface area (Å²) in [5.41, 5.74) is 2.61. The smallest absolute Gasteiger partial charge is 0.0741 e. The van der Waals surface area contributed by atoms with Crippen LogP contribution < -0.4 is 5.32 Å². The molecule has 108 valence electrons. The molecule has 2 atom stereocenters. The monoisotopic (exact) mass is 263 g/mol. The second-order valence-electron chi connectivity index (χ2n) is 5.70. The van der Waals surface area contributed by atoms with Gasteiger partial charge in [0.2, 0.25) is 0 Å². The summed E-state index contributed by atoms with van der Waals surface area (Å²) in [6, 6.07) is 9.01. The fourth-order valence-corrected chi connectivity index (χ4v) is 2.13. The fraction of sp³-hybridized carbons (Fsp3) is 0.647. The van der Waals surface area contributed by atoms with Crippen LogP contribution in [0.3, 0.4) is 0 Å². The molecule has 2 heteroatoms. The van der Waals surface area contributed by atoms with Crippen molar-refractivity contribution in [2.24, 2.45) is 5.92 Å². The average molecular weight is 263 g/mol. The Morgan fingerprint density at radius 2 is 1.74 bits per heavy atom. The van der Waals surface area contributed by atoms with Crippen molar-refractivity contribution in [3.63, 3.8) is 0 Å². The van der Waals surface area contributed by atoms with Gasteiger partial charge >= 0.3 is 0 Å². The minimum atomic E-state index is 0.196. The second kappa shape index (κ2) is 8.34. The number of ether oxygens (including phenoxy) is 1. The average Bonchev–Trinajstić information content (AvgIpc) is 2.36. The maximum Gasteiger partial charge on any atom is 0.0741 e. The van der Waals surface area contributed by atoms with E-state index >= 15 is 0 Å². The molecule has 0 amide bonds. The zero-order valence-corrected chi connectivity index (χ0v) is 13.1. The molecule has 0 radical (unpaired) electrons. The largest absolute Gasteiger partial charge is 0.377 e. The van der Waals surface area contributed by atoms with Crippen LogP contribution >= 0.6 is 0 Å². The molecule has 19 heavy (non-hydrogen) atoms. The number of rotatable bonds is 8. The lowest BCUT2D eigenvalue weighted by Crippen LogP contribution is -2.32. The van der Waals surface area contributed by atoms with Crippen LogP contribution in [0, 0.1) is 12.8 Å². The first kappa shape index (κ1) is 16.2. The maximum atomic E-state index is 5.99. The molecular weight excluding hydrogens is 234 g/mol. The number of nitrogens with one attached hydrogen (secondary N) is 1. The van der Waals surface area contributed by atoms with E-state index in [2.05, 4.69) is 64.2 Å². The highest BCUT2D eigenvalue weighted by Gasteiger charge is 2.18. The summed E-state index contributed by atoms with van der Waals surface area (Å²) < 4.78 is 5.99. The summed E-state index contributed by atoms with van der Waals surface area (Å²) >= 11 is 0. The summed E-state index contributed by atoms with van der Waals surface area (Å²) in [6.45, 7) is 12.7. The maximum absolute atomic E-state index is 5.99. The molecule has 0 saturated carbocycles. The summed E-state index contributed by atoms with van der Waals surface area (Å²) in [7, 11) is 0. The summed E-state index contributed by atoms with van der Waals surface area (Å²) in [5.74, 6) is 0.698. The Morgan fingerprint density at radius 3 is 2.26 bits per heavy atom. The van der Waals surface area contributed by atoms with Gasteiger partial charge in [-0.05, 0) is 38.3 Å². The number of hydrogen-bond acceptors (Lipinski definition) is 2. The van der Waals surface area contributed by atoms with Crippen LogP contribution in [0.25, 0.3) is 0 Å². The van der Waals surface area contributed by atoms with Gasteiger partial charge in [-0.15, -0.1) is 0 Å². The third-order valence-corrected chi connectivity index (χ3v) is 3.41. The molecule has 1 rings (SSSR count). The molecule has 2 unspecified atom stereocenters. The lowest BCUT2D eigenvalue weighted by molar-refractivity contribution is 0.0329. The Morgan fingerprint density at radius 1 is 1.11 bits per heavy atom. The van der Waals surface area contributed by atoms with Crippen molar-refractivity contribution in [1.82, 2.24) is 5.32 Å². The van der Waals surface area contributed by atoms with Gasteiger partial charge in [0, 0.05) is 6.61 Å². The fourth-order valence-electron chi connectivity index (χ4n) is 2.13. The van der Waals surface area contributed by atoms with Gasteiger partial charge in [0.05, 0.1) is 12.1 Å². The zero-order valence-electron chi connectivity index (χ0n) is 13.1. The molecular formula is C17H29NO. The summed E-state index contributed by atoms with van der Waals surface area (Å²) in [4.78, 5) is 0. The van der Waals surface area contributed by atoms with E-state index in [0.717, 1.165) is 19.6 Å². The van der Waals surface area contributed by atoms with Crippen LogP contribution in [0.2, 0.25) is 0 Å². The van der Waals surface area contributed by atoms with Crippen molar-refractivity contribution >= 4 is 0 Å². The molecule has 0 fully saturated rings. The van der Waals surface area contributed by atoms with Crippen LogP contribution in [-0.2, 0) is 4.74 Å². The van der Waals surface area contributed by atoms with E-state index < -0.39 is 0 Å². The number of benzene rings is 1. The van der Waals surface area contributed by atoms with E-state index in [1.54, 1.807) is 0 Å². The summed E-state index contributed by atoms with van der Waals surface area (Å²) in [5, 5.41) is 3.53. The molecule has 1 aromatic rings. The third kappa shape index (κ3) is 5.75. The predicted molar refractivity (Wildman–Crippen MR) is 82.5 cm³/mol. The molecule has 0 heterocycles. The van der Waals surface area contributed by atoms with Gasteiger partial charge in [0.15, 0.2) is 0 Å². The van der Waals surface area contributed by atoms with Crippen molar-refractivity contribution in [2.45, 2.75) is 53.2 Å². The van der Waals surface area contributed by atoms with E-state index in [9.17, 15) is 0 Å². The van der Waals surface area contributed by atoms with E-state index in [1.807, 2.05) is 0 Å². The van der Waals surface area contributed by atoms with Gasteiger partial charge in [-0.1, -0.05) is 50.6 Å². The highest BCUT2D eigenvalue weighted by Crippen LogP contribution is 2.20. The van der Waals surface area contributed by atoms with Crippen molar-refractivity contribution in [1.29, 1.82) is 0 Å². The van der Waals surface area contributed by atoms with Gasteiger partial charge in [-0.25, -0.2) is 0 Å². The van der Waals surface area contributed by atoms with Crippen molar-refractivity contribution in [3.05, 3.63) is 35.4 Å². The molecule has 0 saturated heterocycles. The first-order valence-corrected chi connectivity index (χ1v) is 7.46. The van der Waals surface area contributed by atoms with Gasteiger partial charge in [-0.2, -0.15) is 0 Å². The Labute approximate surface area is 118 Å². The highest BCUT2D eigenvalue weighted by molar-refractivity contribution is 5.24. The van der Waals surface area contributed by atoms with Crippen molar-refractivity contribution in [3.8, 4) is 0 Å². The summed E-state index contributed by atoms with van der Waals surface area (Å²) in [6.07, 6.45) is 1.32. The van der Waals surface area contributed by atoms with Crippen LogP contribution in [-0.4, -0.2) is 19.3 Å².